The maximum Gasteiger partial charge on any atom is 0.201 e. The molecule has 4 nitrogen and oxygen atoms in total. The highest BCUT2D eigenvalue weighted by atomic mass is 35.5. The fourth-order valence-corrected chi connectivity index (χ4v) is 2.71. The summed E-state index contributed by atoms with van der Waals surface area (Å²) in [4.78, 5) is 0. The van der Waals surface area contributed by atoms with Crippen LogP contribution in [0.2, 0.25) is 0 Å². The van der Waals surface area contributed by atoms with Gasteiger partial charge in [-0.05, 0) is 36.8 Å². The number of nitrogens with zero attached hydrogens (tertiary/aromatic N) is 1. The second kappa shape index (κ2) is 7.77. The van der Waals surface area contributed by atoms with Crippen LogP contribution < -0.4 is 21.7 Å². The smallest absolute Gasteiger partial charge is 0.201 e. The van der Waals surface area contributed by atoms with Gasteiger partial charge in [0.1, 0.15) is 5.75 Å². The van der Waals surface area contributed by atoms with Crippen LogP contribution in [0.25, 0.3) is 0 Å². The van der Waals surface area contributed by atoms with Crippen LogP contribution in [0.5, 0.6) is 5.75 Å². The number of hydrogen-bond acceptors (Lipinski definition) is 3. The van der Waals surface area contributed by atoms with Crippen molar-refractivity contribution in [3.8, 4) is 5.75 Å². The Morgan fingerprint density at radius 2 is 1.65 bits per heavy atom. The molecule has 0 unspecified atom stereocenters. The predicted octanol–water partition coefficient (Wildman–Crippen LogP) is -0.415. The number of aromatic nitrogens is 1. The largest absolute Gasteiger partial charge is 1.00 e. The van der Waals surface area contributed by atoms with Gasteiger partial charge in [-0.15, -0.1) is 0 Å². The highest BCUT2D eigenvalue weighted by Gasteiger charge is 2.39. The molecule has 2 heterocycles. The molecule has 124 valence electrons. The molecule has 1 aliphatic heterocycles. The zero-order chi connectivity index (χ0) is 15.4. The minimum atomic E-state index is -0.649. The van der Waals surface area contributed by atoms with Gasteiger partial charge >= 0.3 is 0 Å². The third kappa shape index (κ3) is 4.02. The monoisotopic (exact) mass is 335 g/mol. The van der Waals surface area contributed by atoms with Gasteiger partial charge < -0.3 is 26.6 Å². The number of pyridine rings is 1. The molecule has 1 saturated heterocycles. The molecule has 0 amide bonds. The lowest BCUT2D eigenvalue weighted by atomic mass is 10.0. The Morgan fingerprint density at radius 1 is 1.04 bits per heavy atom. The summed E-state index contributed by atoms with van der Waals surface area (Å²) >= 11 is 0. The first kappa shape index (κ1) is 17.7. The van der Waals surface area contributed by atoms with Gasteiger partial charge in [0, 0.05) is 17.7 Å². The van der Waals surface area contributed by atoms with Crippen LogP contribution in [0.1, 0.15) is 17.5 Å². The number of methoxy groups -OCH3 is 1. The Hall–Kier alpha value is -1.62. The van der Waals surface area contributed by atoms with Crippen molar-refractivity contribution in [2.24, 2.45) is 0 Å². The summed E-state index contributed by atoms with van der Waals surface area (Å²) in [7, 11) is 1.67. The second-order valence-electron chi connectivity index (χ2n) is 5.54. The van der Waals surface area contributed by atoms with Gasteiger partial charge in [-0.1, -0.05) is 0 Å². The van der Waals surface area contributed by atoms with Crippen LogP contribution in [0.15, 0.2) is 48.8 Å². The van der Waals surface area contributed by atoms with Crippen molar-refractivity contribution in [3.63, 3.8) is 0 Å². The Kier molecular flexibility index (Phi) is 5.99. The van der Waals surface area contributed by atoms with E-state index in [0.29, 0.717) is 13.2 Å². The molecule has 0 spiro atoms. The van der Waals surface area contributed by atoms with Crippen LogP contribution in [0, 0.1) is 6.92 Å². The lowest BCUT2D eigenvalue weighted by Gasteiger charge is -2.26. The molecule has 0 N–H and O–H groups in total. The van der Waals surface area contributed by atoms with Crippen molar-refractivity contribution in [3.05, 3.63) is 59.9 Å². The van der Waals surface area contributed by atoms with Crippen molar-refractivity contribution in [1.29, 1.82) is 0 Å². The minimum Gasteiger partial charge on any atom is -1.00 e. The van der Waals surface area contributed by atoms with E-state index in [0.717, 1.165) is 24.3 Å². The second-order valence-corrected chi connectivity index (χ2v) is 5.54. The first-order chi connectivity index (χ1) is 10.7. The average molecular weight is 336 g/mol. The maximum atomic E-state index is 5.97. The summed E-state index contributed by atoms with van der Waals surface area (Å²) in [6.07, 6.45) is 4.95. The summed E-state index contributed by atoms with van der Waals surface area (Å²) in [6.45, 7) is 4.19. The number of ether oxygens (including phenoxy) is 3. The molecule has 0 radical (unpaired) electrons. The van der Waals surface area contributed by atoms with E-state index in [9.17, 15) is 0 Å². The summed E-state index contributed by atoms with van der Waals surface area (Å²) in [5, 5.41) is 0. The van der Waals surface area contributed by atoms with Crippen LogP contribution in [-0.4, -0.2) is 20.3 Å². The number of rotatable bonds is 5. The molecule has 2 aromatic rings. The molecular formula is C18H22ClNO3. The van der Waals surface area contributed by atoms with E-state index < -0.39 is 5.79 Å². The fraction of sp³-hybridized carbons (Fsp3) is 0.389. The number of aryl methyl sites for hydroxylation is 2. The Morgan fingerprint density at radius 3 is 2.22 bits per heavy atom. The summed E-state index contributed by atoms with van der Waals surface area (Å²) in [5.74, 6) is 0.189. The summed E-state index contributed by atoms with van der Waals surface area (Å²) < 4.78 is 19.3. The van der Waals surface area contributed by atoms with Crippen molar-refractivity contribution in [2.45, 2.75) is 25.7 Å². The molecule has 5 heteroatoms. The number of halogens is 1. The maximum absolute atomic E-state index is 5.97. The third-order valence-corrected chi connectivity index (χ3v) is 4.04. The quantitative estimate of drug-likeness (QED) is 0.696. The van der Waals surface area contributed by atoms with Gasteiger partial charge in [0.15, 0.2) is 18.9 Å². The molecule has 0 aliphatic carbocycles. The standard InChI is InChI=1S/C18H22NO3.ClH/c1-15-7-10-19(11-8-15)12-9-18(21-13-14-22-18)16-3-5-17(20-2)6-4-16;/h3-8,10-11H,9,12-14H2,1-2H3;1H/q+1;/p-1. The van der Waals surface area contributed by atoms with E-state index in [-0.39, 0.29) is 12.4 Å². The van der Waals surface area contributed by atoms with Crippen LogP contribution in [0.4, 0.5) is 0 Å². The normalized spacial score (nSPS) is 15.9. The predicted molar refractivity (Wildman–Crippen MR) is 82.6 cm³/mol. The summed E-state index contributed by atoms with van der Waals surface area (Å²) in [6, 6.07) is 12.1. The fourth-order valence-electron chi connectivity index (χ4n) is 2.71. The third-order valence-electron chi connectivity index (χ3n) is 4.04. The SMILES string of the molecule is COc1ccc(C2(CC[n+]3ccc(C)cc3)OCCO2)cc1.[Cl-]. The van der Waals surface area contributed by atoms with E-state index in [1.54, 1.807) is 7.11 Å². The van der Waals surface area contributed by atoms with Gasteiger partial charge in [-0.3, -0.25) is 0 Å². The Balaban J connectivity index is 0.00000192. The van der Waals surface area contributed by atoms with Crippen LogP contribution in [-0.2, 0) is 21.8 Å². The molecule has 0 saturated carbocycles. The van der Waals surface area contributed by atoms with E-state index in [1.165, 1.54) is 5.56 Å². The Labute approximate surface area is 143 Å². The first-order valence-corrected chi connectivity index (χ1v) is 7.60. The zero-order valence-electron chi connectivity index (χ0n) is 13.5. The highest BCUT2D eigenvalue weighted by molar-refractivity contribution is 5.30. The van der Waals surface area contributed by atoms with Crippen LogP contribution in [0.3, 0.4) is 0 Å². The molecule has 1 fully saturated rings. The zero-order valence-corrected chi connectivity index (χ0v) is 14.3. The molecule has 1 aliphatic rings. The van der Waals surface area contributed by atoms with Crippen molar-refractivity contribution in [1.82, 2.24) is 0 Å². The van der Waals surface area contributed by atoms with Gasteiger partial charge in [0.2, 0.25) is 5.79 Å². The van der Waals surface area contributed by atoms with E-state index in [1.807, 2.05) is 24.3 Å². The molecule has 1 aromatic heterocycles. The van der Waals surface area contributed by atoms with Gasteiger partial charge in [0.05, 0.1) is 26.7 Å². The Bertz CT molecular complexity index is 607. The van der Waals surface area contributed by atoms with Gasteiger partial charge in [-0.25, -0.2) is 4.57 Å². The van der Waals surface area contributed by atoms with Gasteiger partial charge in [0.25, 0.3) is 0 Å². The first-order valence-electron chi connectivity index (χ1n) is 7.60. The van der Waals surface area contributed by atoms with Crippen molar-refractivity contribution in [2.75, 3.05) is 20.3 Å². The van der Waals surface area contributed by atoms with E-state index >= 15 is 0 Å². The molecular weight excluding hydrogens is 314 g/mol. The summed E-state index contributed by atoms with van der Waals surface area (Å²) in [5.41, 5.74) is 2.30. The van der Waals surface area contributed by atoms with E-state index in [2.05, 4.69) is 36.0 Å². The topological polar surface area (TPSA) is 31.6 Å². The molecule has 0 bridgehead atoms. The number of hydrogen-bond donors (Lipinski definition) is 0. The lowest BCUT2D eigenvalue weighted by Crippen LogP contribution is -3.00. The van der Waals surface area contributed by atoms with Crippen molar-refractivity contribution >= 4 is 0 Å². The average Bonchev–Trinajstić information content (AvgIpc) is 3.05. The number of benzene rings is 1. The minimum absolute atomic E-state index is 0. The molecule has 1 aromatic carbocycles. The van der Waals surface area contributed by atoms with Crippen LogP contribution >= 0.6 is 0 Å². The molecule has 23 heavy (non-hydrogen) atoms. The van der Waals surface area contributed by atoms with Gasteiger partial charge in [-0.2, -0.15) is 0 Å². The van der Waals surface area contributed by atoms with Crippen molar-refractivity contribution < 1.29 is 31.2 Å². The molecule has 3 rings (SSSR count). The lowest BCUT2D eigenvalue weighted by molar-refractivity contribution is -0.700. The highest BCUT2D eigenvalue weighted by Crippen LogP contribution is 2.35. The molecule has 0 atom stereocenters. The van der Waals surface area contributed by atoms with E-state index in [4.69, 9.17) is 14.2 Å².